The van der Waals surface area contributed by atoms with E-state index in [0.29, 0.717) is 6.54 Å². The summed E-state index contributed by atoms with van der Waals surface area (Å²) in [6, 6.07) is 11.8. The van der Waals surface area contributed by atoms with E-state index >= 15 is 0 Å². The molecule has 0 aliphatic heterocycles. The van der Waals surface area contributed by atoms with E-state index in [0.717, 1.165) is 28.0 Å². The van der Waals surface area contributed by atoms with Crippen LogP contribution in [0.4, 0.5) is 0 Å². The van der Waals surface area contributed by atoms with Gasteiger partial charge in [0.25, 0.3) is 0 Å². The van der Waals surface area contributed by atoms with Gasteiger partial charge in [-0.05, 0) is 48.6 Å². The molecule has 0 spiro atoms. The lowest BCUT2D eigenvalue weighted by Gasteiger charge is -2.17. The fraction of sp³-hybridized carbons (Fsp3) is 0.333. The van der Waals surface area contributed by atoms with E-state index in [1.165, 1.54) is 5.56 Å². The molecule has 0 saturated heterocycles. The van der Waals surface area contributed by atoms with E-state index in [4.69, 9.17) is 10.5 Å². The Bertz CT molecular complexity index is 605. The van der Waals surface area contributed by atoms with Crippen LogP contribution in [-0.4, -0.2) is 11.7 Å². The molecular formula is C18H23NO2. The van der Waals surface area contributed by atoms with Crippen LogP contribution in [0.15, 0.2) is 36.4 Å². The standard InChI is InChI=1S/C18H23NO2/c1-12-4-5-13(2)18(14(12)3)21-11-17(20)16-8-6-15(10-19)7-9-16/h4-9,17,20H,10-11,19H2,1-3H3. The molecule has 1 atom stereocenters. The SMILES string of the molecule is Cc1ccc(C)c(OCC(O)c2ccc(CN)cc2)c1C. The van der Waals surface area contributed by atoms with E-state index in [1.54, 1.807) is 0 Å². The quantitative estimate of drug-likeness (QED) is 0.887. The Hall–Kier alpha value is -1.84. The van der Waals surface area contributed by atoms with Gasteiger partial charge in [-0.3, -0.25) is 0 Å². The van der Waals surface area contributed by atoms with Crippen LogP contribution >= 0.6 is 0 Å². The molecule has 0 bridgehead atoms. The Morgan fingerprint density at radius 1 is 1.00 bits per heavy atom. The topological polar surface area (TPSA) is 55.5 Å². The Balaban J connectivity index is 2.07. The zero-order chi connectivity index (χ0) is 15.4. The largest absolute Gasteiger partial charge is 0.490 e. The van der Waals surface area contributed by atoms with Crippen molar-refractivity contribution in [2.75, 3.05) is 6.61 Å². The molecule has 0 aromatic heterocycles. The second-order valence-corrected chi connectivity index (χ2v) is 5.43. The summed E-state index contributed by atoms with van der Waals surface area (Å²) in [7, 11) is 0. The van der Waals surface area contributed by atoms with Crippen molar-refractivity contribution in [3.05, 3.63) is 64.2 Å². The fourth-order valence-corrected chi connectivity index (χ4v) is 2.28. The second kappa shape index (κ2) is 6.74. The first-order valence-corrected chi connectivity index (χ1v) is 7.19. The molecule has 0 fully saturated rings. The molecule has 112 valence electrons. The van der Waals surface area contributed by atoms with Crippen LogP contribution in [0, 0.1) is 20.8 Å². The lowest BCUT2D eigenvalue weighted by Crippen LogP contribution is -2.11. The summed E-state index contributed by atoms with van der Waals surface area (Å²) in [5.74, 6) is 0.868. The third kappa shape index (κ3) is 3.63. The van der Waals surface area contributed by atoms with E-state index in [-0.39, 0.29) is 6.61 Å². The molecule has 0 radical (unpaired) electrons. The monoisotopic (exact) mass is 285 g/mol. The highest BCUT2D eigenvalue weighted by atomic mass is 16.5. The molecule has 3 nitrogen and oxygen atoms in total. The number of hydrogen-bond acceptors (Lipinski definition) is 3. The predicted molar refractivity (Wildman–Crippen MR) is 85.4 cm³/mol. The summed E-state index contributed by atoms with van der Waals surface area (Å²) in [5, 5.41) is 10.2. The van der Waals surface area contributed by atoms with E-state index in [1.807, 2.05) is 44.2 Å². The Kier molecular flexibility index (Phi) is 4.99. The maximum Gasteiger partial charge on any atom is 0.125 e. The molecule has 2 rings (SSSR count). The number of rotatable bonds is 5. The van der Waals surface area contributed by atoms with Crippen LogP contribution in [0.3, 0.4) is 0 Å². The fourth-order valence-electron chi connectivity index (χ4n) is 2.28. The van der Waals surface area contributed by atoms with Gasteiger partial charge in [0.1, 0.15) is 18.5 Å². The van der Waals surface area contributed by atoms with Gasteiger partial charge in [-0.25, -0.2) is 0 Å². The minimum absolute atomic E-state index is 0.243. The zero-order valence-electron chi connectivity index (χ0n) is 12.9. The van der Waals surface area contributed by atoms with Crippen LogP contribution in [0.1, 0.15) is 33.9 Å². The highest BCUT2D eigenvalue weighted by molar-refractivity contribution is 5.44. The van der Waals surface area contributed by atoms with Gasteiger partial charge in [0.15, 0.2) is 0 Å². The van der Waals surface area contributed by atoms with Crippen molar-refractivity contribution in [3.63, 3.8) is 0 Å². The zero-order valence-corrected chi connectivity index (χ0v) is 12.9. The van der Waals surface area contributed by atoms with Gasteiger partial charge in [-0.15, -0.1) is 0 Å². The third-order valence-corrected chi connectivity index (χ3v) is 3.86. The second-order valence-electron chi connectivity index (χ2n) is 5.43. The van der Waals surface area contributed by atoms with Crippen molar-refractivity contribution < 1.29 is 9.84 Å². The van der Waals surface area contributed by atoms with Crippen molar-refractivity contribution >= 4 is 0 Å². The lowest BCUT2D eigenvalue weighted by molar-refractivity contribution is 0.107. The van der Waals surface area contributed by atoms with Gasteiger partial charge in [0.05, 0.1) is 0 Å². The van der Waals surface area contributed by atoms with Crippen LogP contribution in [-0.2, 0) is 6.54 Å². The summed E-state index contributed by atoms with van der Waals surface area (Å²) < 4.78 is 5.85. The normalized spacial score (nSPS) is 12.2. The maximum atomic E-state index is 10.2. The van der Waals surface area contributed by atoms with Gasteiger partial charge >= 0.3 is 0 Å². The predicted octanol–water partition coefficient (Wildman–Crippen LogP) is 3.18. The first-order valence-electron chi connectivity index (χ1n) is 7.19. The number of aliphatic hydroxyl groups is 1. The summed E-state index contributed by atoms with van der Waals surface area (Å²) in [5.41, 5.74) is 10.9. The molecule has 0 amide bonds. The average molecular weight is 285 g/mol. The number of benzene rings is 2. The van der Waals surface area contributed by atoms with Gasteiger partial charge in [-0.2, -0.15) is 0 Å². The number of hydrogen-bond donors (Lipinski definition) is 2. The summed E-state index contributed by atoms with van der Waals surface area (Å²) >= 11 is 0. The highest BCUT2D eigenvalue weighted by Crippen LogP contribution is 2.27. The summed E-state index contributed by atoms with van der Waals surface area (Å²) in [6.45, 7) is 6.87. The van der Waals surface area contributed by atoms with Gasteiger partial charge in [0.2, 0.25) is 0 Å². The Labute approximate surface area is 126 Å². The van der Waals surface area contributed by atoms with Gasteiger partial charge < -0.3 is 15.6 Å². The molecule has 2 aromatic carbocycles. The molecule has 0 aliphatic carbocycles. The number of ether oxygens (including phenoxy) is 1. The molecule has 1 unspecified atom stereocenters. The van der Waals surface area contributed by atoms with Gasteiger partial charge in [0, 0.05) is 6.54 Å². The highest BCUT2D eigenvalue weighted by Gasteiger charge is 2.11. The molecule has 0 saturated carbocycles. The van der Waals surface area contributed by atoms with E-state index in [9.17, 15) is 5.11 Å². The minimum Gasteiger partial charge on any atom is -0.490 e. The average Bonchev–Trinajstić information content (AvgIpc) is 2.51. The van der Waals surface area contributed by atoms with Crippen molar-refractivity contribution in [1.82, 2.24) is 0 Å². The van der Waals surface area contributed by atoms with E-state index in [2.05, 4.69) is 13.0 Å². The van der Waals surface area contributed by atoms with Crippen LogP contribution in [0.5, 0.6) is 5.75 Å². The van der Waals surface area contributed by atoms with Crippen LogP contribution < -0.4 is 10.5 Å². The first-order chi connectivity index (χ1) is 10.0. The number of aliphatic hydroxyl groups excluding tert-OH is 1. The first kappa shape index (κ1) is 15.5. The van der Waals surface area contributed by atoms with Gasteiger partial charge in [-0.1, -0.05) is 36.4 Å². The summed E-state index contributed by atoms with van der Waals surface area (Å²) in [4.78, 5) is 0. The lowest BCUT2D eigenvalue weighted by atomic mass is 10.0. The molecule has 21 heavy (non-hydrogen) atoms. The van der Waals surface area contributed by atoms with Crippen molar-refractivity contribution in [1.29, 1.82) is 0 Å². The molecule has 3 heteroatoms. The smallest absolute Gasteiger partial charge is 0.125 e. The molecular weight excluding hydrogens is 262 g/mol. The number of nitrogens with two attached hydrogens (primary N) is 1. The van der Waals surface area contributed by atoms with Crippen molar-refractivity contribution in [3.8, 4) is 5.75 Å². The Morgan fingerprint density at radius 3 is 2.24 bits per heavy atom. The van der Waals surface area contributed by atoms with Crippen LogP contribution in [0.25, 0.3) is 0 Å². The Morgan fingerprint density at radius 2 is 1.62 bits per heavy atom. The third-order valence-electron chi connectivity index (χ3n) is 3.86. The molecule has 0 heterocycles. The molecule has 2 aromatic rings. The van der Waals surface area contributed by atoms with Crippen LogP contribution in [0.2, 0.25) is 0 Å². The van der Waals surface area contributed by atoms with Crippen molar-refractivity contribution in [2.45, 2.75) is 33.4 Å². The maximum absolute atomic E-state index is 10.2. The van der Waals surface area contributed by atoms with E-state index < -0.39 is 6.10 Å². The summed E-state index contributed by atoms with van der Waals surface area (Å²) in [6.07, 6.45) is -0.642. The molecule has 3 N–H and O–H groups in total. The number of aryl methyl sites for hydroxylation is 2. The molecule has 0 aliphatic rings. The van der Waals surface area contributed by atoms with Crippen molar-refractivity contribution in [2.24, 2.45) is 5.73 Å². The minimum atomic E-state index is -0.642.